The highest BCUT2D eigenvalue weighted by Gasteiger charge is 2.24. The van der Waals surface area contributed by atoms with Crippen molar-refractivity contribution in [1.29, 1.82) is 0 Å². The zero-order valence-electron chi connectivity index (χ0n) is 12.8. The van der Waals surface area contributed by atoms with Crippen molar-refractivity contribution < 1.29 is 17.9 Å². The summed E-state index contributed by atoms with van der Waals surface area (Å²) < 4.78 is 32.5. The molecule has 1 heterocycles. The molecule has 1 saturated carbocycles. The maximum atomic E-state index is 12.1. The van der Waals surface area contributed by atoms with E-state index in [1.54, 1.807) is 18.2 Å². The summed E-state index contributed by atoms with van der Waals surface area (Å²) in [6.45, 7) is 0.0936. The molecule has 128 valence electrons. The minimum atomic E-state index is -3.30. The molecule has 0 saturated heterocycles. The van der Waals surface area contributed by atoms with Gasteiger partial charge in [0.15, 0.2) is 9.84 Å². The summed E-state index contributed by atoms with van der Waals surface area (Å²) in [5.41, 5.74) is 1.15. The lowest BCUT2D eigenvalue weighted by atomic mass is 10.1. The molecule has 1 aliphatic rings. The number of rotatable bonds is 6. The van der Waals surface area contributed by atoms with Gasteiger partial charge in [-0.15, -0.1) is 0 Å². The Hall–Kier alpha value is -1.64. The molecule has 0 unspecified atom stereocenters. The fourth-order valence-electron chi connectivity index (χ4n) is 1.96. The first kappa shape index (κ1) is 17.2. The van der Waals surface area contributed by atoms with Crippen LogP contribution in [0.25, 0.3) is 0 Å². The van der Waals surface area contributed by atoms with Crippen molar-refractivity contribution in [2.75, 3.05) is 6.26 Å². The van der Waals surface area contributed by atoms with Crippen LogP contribution < -0.4 is 10.1 Å². The van der Waals surface area contributed by atoms with Crippen molar-refractivity contribution in [3.63, 3.8) is 0 Å². The number of hydrogen-bond acceptors (Lipinski definition) is 6. The third-order valence-corrected chi connectivity index (χ3v) is 6.35. The fourth-order valence-corrected chi connectivity index (χ4v) is 3.54. The number of nitrogens with one attached hydrogen (secondary N) is 1. The summed E-state index contributed by atoms with van der Waals surface area (Å²) >= 11 is 7.00. The second-order valence-corrected chi connectivity index (χ2v) is 9.05. The zero-order valence-corrected chi connectivity index (χ0v) is 15.2. The van der Waals surface area contributed by atoms with Crippen molar-refractivity contribution in [2.45, 2.75) is 29.7 Å². The van der Waals surface area contributed by atoms with Gasteiger partial charge in [0.2, 0.25) is 5.88 Å². The molecular weight excluding hydrogens is 372 g/mol. The lowest BCUT2D eigenvalue weighted by molar-refractivity contribution is 0.0951. The molecule has 0 atom stereocenters. The summed E-state index contributed by atoms with van der Waals surface area (Å²) in [5.74, 6) is 0.0766. The van der Waals surface area contributed by atoms with Gasteiger partial charge in [-0.2, -0.15) is 4.37 Å². The van der Waals surface area contributed by atoms with Gasteiger partial charge in [0.1, 0.15) is 10.8 Å². The first-order valence-corrected chi connectivity index (χ1v) is 10.3. The molecule has 1 N–H and O–H groups in total. The van der Waals surface area contributed by atoms with Gasteiger partial charge in [0.05, 0.1) is 0 Å². The number of sulfone groups is 1. The van der Waals surface area contributed by atoms with Crippen LogP contribution in [0.5, 0.6) is 5.88 Å². The van der Waals surface area contributed by atoms with Gasteiger partial charge < -0.3 is 10.1 Å². The van der Waals surface area contributed by atoms with Crippen molar-refractivity contribution in [3.8, 4) is 5.88 Å². The molecule has 0 bridgehead atoms. The third kappa shape index (κ3) is 4.25. The van der Waals surface area contributed by atoms with Crippen molar-refractivity contribution in [1.82, 2.24) is 9.69 Å². The van der Waals surface area contributed by atoms with Gasteiger partial charge in [-0.3, -0.25) is 4.79 Å². The molecule has 0 aliphatic heterocycles. The Morgan fingerprint density at radius 2 is 2.17 bits per heavy atom. The van der Waals surface area contributed by atoms with E-state index in [9.17, 15) is 13.2 Å². The highest BCUT2D eigenvalue weighted by molar-refractivity contribution is 7.92. The first-order chi connectivity index (χ1) is 11.3. The van der Waals surface area contributed by atoms with Gasteiger partial charge in [0.25, 0.3) is 5.91 Å². The predicted octanol–water partition coefficient (Wildman–Crippen LogP) is 2.67. The number of halogens is 1. The molecule has 0 radical (unpaired) electrons. The number of carbonyl (C=O) groups is 1. The van der Waals surface area contributed by atoms with Gasteiger partial charge in [-0.25, -0.2) is 8.42 Å². The Balaban J connectivity index is 1.70. The number of hydrogen-bond donors (Lipinski definition) is 1. The Morgan fingerprint density at radius 1 is 1.42 bits per heavy atom. The number of benzene rings is 1. The molecule has 1 aromatic carbocycles. The van der Waals surface area contributed by atoms with E-state index in [0.717, 1.165) is 30.6 Å². The molecule has 9 heteroatoms. The van der Waals surface area contributed by atoms with Crippen LogP contribution in [-0.4, -0.2) is 31.0 Å². The average Bonchev–Trinajstić information content (AvgIpc) is 3.18. The molecule has 1 amide bonds. The fraction of sp³-hybridized carbons (Fsp3) is 0.333. The molecule has 24 heavy (non-hydrogen) atoms. The summed E-state index contributed by atoms with van der Waals surface area (Å²) in [7, 11) is -3.30. The Kier molecular flexibility index (Phi) is 4.80. The molecule has 1 fully saturated rings. The largest absolute Gasteiger partial charge is 0.472 e. The Morgan fingerprint density at radius 3 is 2.79 bits per heavy atom. The van der Waals surface area contributed by atoms with Crippen LogP contribution in [0.1, 0.15) is 28.8 Å². The van der Waals surface area contributed by atoms with Gasteiger partial charge in [-0.05, 0) is 42.6 Å². The number of nitrogens with zero attached hydrogens (tertiary/aromatic N) is 1. The zero-order chi connectivity index (χ0) is 17.3. The van der Waals surface area contributed by atoms with E-state index in [2.05, 4.69) is 9.69 Å². The normalized spacial score (nSPS) is 14.4. The van der Waals surface area contributed by atoms with E-state index in [-0.39, 0.29) is 28.6 Å². The molecule has 6 nitrogen and oxygen atoms in total. The van der Waals surface area contributed by atoms with E-state index in [4.69, 9.17) is 16.3 Å². The molecular formula is C15H15ClN2O4S2. The lowest BCUT2D eigenvalue weighted by Crippen LogP contribution is -2.25. The monoisotopic (exact) mass is 386 g/mol. The summed E-state index contributed by atoms with van der Waals surface area (Å²) in [6, 6.07) is 6.62. The lowest BCUT2D eigenvalue weighted by Gasteiger charge is -2.08. The van der Waals surface area contributed by atoms with Crippen LogP contribution in [-0.2, 0) is 16.4 Å². The minimum Gasteiger partial charge on any atom is -0.472 e. The Bertz CT molecular complexity index is 875. The van der Waals surface area contributed by atoms with E-state index < -0.39 is 9.84 Å². The third-order valence-electron chi connectivity index (χ3n) is 3.43. The van der Waals surface area contributed by atoms with E-state index in [1.165, 1.54) is 6.07 Å². The van der Waals surface area contributed by atoms with Gasteiger partial charge in [0, 0.05) is 34.5 Å². The number of amides is 1. The maximum Gasteiger partial charge on any atom is 0.251 e. The summed E-state index contributed by atoms with van der Waals surface area (Å²) in [4.78, 5) is 12.1. The second kappa shape index (κ2) is 6.70. The SMILES string of the molecule is CS(=O)(=O)c1cc(OCc2cc(C(=O)NC3CC3)ccc2Cl)ns1. The van der Waals surface area contributed by atoms with Crippen LogP contribution in [0.15, 0.2) is 28.5 Å². The highest BCUT2D eigenvalue weighted by Crippen LogP contribution is 2.25. The molecule has 1 aliphatic carbocycles. The number of ether oxygens (including phenoxy) is 1. The van der Waals surface area contributed by atoms with E-state index >= 15 is 0 Å². The van der Waals surface area contributed by atoms with E-state index in [1.807, 2.05) is 0 Å². The van der Waals surface area contributed by atoms with Crippen molar-refractivity contribution >= 4 is 38.9 Å². The molecule has 0 spiro atoms. The maximum absolute atomic E-state index is 12.1. The smallest absolute Gasteiger partial charge is 0.251 e. The van der Waals surface area contributed by atoms with Crippen LogP contribution in [0.3, 0.4) is 0 Å². The van der Waals surface area contributed by atoms with Gasteiger partial charge in [-0.1, -0.05) is 11.6 Å². The highest BCUT2D eigenvalue weighted by atomic mass is 35.5. The first-order valence-electron chi connectivity index (χ1n) is 7.22. The van der Waals surface area contributed by atoms with Crippen molar-refractivity contribution in [2.24, 2.45) is 0 Å². The van der Waals surface area contributed by atoms with Crippen LogP contribution in [0, 0.1) is 0 Å². The van der Waals surface area contributed by atoms with Crippen LogP contribution in [0.2, 0.25) is 5.02 Å². The summed E-state index contributed by atoms with van der Waals surface area (Å²) in [6.07, 6.45) is 3.15. The number of aromatic nitrogens is 1. The van der Waals surface area contributed by atoms with Crippen molar-refractivity contribution in [3.05, 3.63) is 40.4 Å². The number of carbonyl (C=O) groups excluding carboxylic acids is 1. The standard InChI is InChI=1S/C15H15ClN2O4S2/c1-24(20,21)14-7-13(18-23-14)22-8-10-6-9(2-5-12(10)16)15(19)17-11-3-4-11/h2,5-7,11H,3-4,8H2,1H3,(H,17,19). The average molecular weight is 387 g/mol. The quantitative estimate of drug-likeness (QED) is 0.824. The van der Waals surface area contributed by atoms with E-state index in [0.29, 0.717) is 16.1 Å². The van der Waals surface area contributed by atoms with Gasteiger partial charge >= 0.3 is 0 Å². The minimum absolute atomic E-state index is 0.0936. The molecule has 3 rings (SSSR count). The molecule has 1 aromatic heterocycles. The van der Waals surface area contributed by atoms with Crippen LogP contribution >= 0.6 is 23.1 Å². The Labute approximate surface area is 148 Å². The topological polar surface area (TPSA) is 85.4 Å². The predicted molar refractivity (Wildman–Crippen MR) is 91.5 cm³/mol. The molecule has 2 aromatic rings. The summed E-state index contributed by atoms with van der Waals surface area (Å²) in [5, 5.41) is 3.38. The second-order valence-electron chi connectivity index (χ2n) is 5.60. The van der Waals surface area contributed by atoms with Crippen LogP contribution in [0.4, 0.5) is 0 Å².